The minimum Gasteiger partial charge on any atom is -0.496 e. The lowest BCUT2D eigenvalue weighted by molar-refractivity contribution is 0.411. The van der Waals surface area contributed by atoms with Crippen LogP contribution < -0.4 is 15.2 Å². The summed E-state index contributed by atoms with van der Waals surface area (Å²) in [5.74, 6) is 0.00651. The SMILES string of the molecule is COc1ccc(S(=O)(=O)Nc2cc(F)ccc2N)cc1C. The molecule has 5 nitrogen and oxygen atoms in total. The number of hydrogen-bond donors (Lipinski definition) is 2. The predicted octanol–water partition coefficient (Wildman–Crippen LogP) is 2.53. The maximum absolute atomic E-state index is 13.2. The van der Waals surface area contributed by atoms with Gasteiger partial charge in [0.1, 0.15) is 11.6 Å². The smallest absolute Gasteiger partial charge is 0.261 e. The molecule has 3 N–H and O–H groups in total. The van der Waals surface area contributed by atoms with E-state index in [0.717, 1.165) is 12.1 Å². The van der Waals surface area contributed by atoms with E-state index in [9.17, 15) is 12.8 Å². The van der Waals surface area contributed by atoms with Gasteiger partial charge in [-0.15, -0.1) is 0 Å². The Morgan fingerprint density at radius 2 is 1.90 bits per heavy atom. The fourth-order valence-electron chi connectivity index (χ4n) is 1.84. The van der Waals surface area contributed by atoms with Gasteiger partial charge in [-0.1, -0.05) is 0 Å². The zero-order valence-corrected chi connectivity index (χ0v) is 12.4. The van der Waals surface area contributed by atoms with E-state index < -0.39 is 15.8 Å². The zero-order chi connectivity index (χ0) is 15.6. The van der Waals surface area contributed by atoms with E-state index in [1.807, 2.05) is 0 Å². The van der Waals surface area contributed by atoms with Crippen molar-refractivity contribution in [3.8, 4) is 5.75 Å². The van der Waals surface area contributed by atoms with Crippen molar-refractivity contribution in [3.63, 3.8) is 0 Å². The predicted molar refractivity (Wildman–Crippen MR) is 79.4 cm³/mol. The Labute approximate surface area is 122 Å². The van der Waals surface area contributed by atoms with Crippen molar-refractivity contribution >= 4 is 21.4 Å². The minimum absolute atomic E-state index is 0.00321. The van der Waals surface area contributed by atoms with Crippen LogP contribution in [0.25, 0.3) is 0 Å². The number of ether oxygens (including phenoxy) is 1. The van der Waals surface area contributed by atoms with Crippen LogP contribution in [0.15, 0.2) is 41.3 Å². The van der Waals surface area contributed by atoms with Gasteiger partial charge in [0, 0.05) is 6.07 Å². The lowest BCUT2D eigenvalue weighted by Crippen LogP contribution is -2.14. The summed E-state index contributed by atoms with van der Waals surface area (Å²) in [7, 11) is -2.35. The van der Waals surface area contributed by atoms with E-state index in [0.29, 0.717) is 11.3 Å². The number of aryl methyl sites for hydroxylation is 1. The average molecular weight is 310 g/mol. The second kappa shape index (κ2) is 5.61. The molecule has 0 spiro atoms. The van der Waals surface area contributed by atoms with E-state index in [1.54, 1.807) is 13.0 Å². The first kappa shape index (κ1) is 15.1. The number of benzene rings is 2. The maximum Gasteiger partial charge on any atom is 0.261 e. The molecule has 0 heterocycles. The number of rotatable bonds is 4. The first-order valence-electron chi connectivity index (χ1n) is 6.06. The quantitative estimate of drug-likeness (QED) is 0.850. The van der Waals surface area contributed by atoms with Crippen LogP contribution in [0, 0.1) is 12.7 Å². The van der Waals surface area contributed by atoms with Gasteiger partial charge >= 0.3 is 0 Å². The summed E-state index contributed by atoms with van der Waals surface area (Å²) >= 11 is 0. The summed E-state index contributed by atoms with van der Waals surface area (Å²) in [4.78, 5) is 0.0458. The van der Waals surface area contributed by atoms with Crippen molar-refractivity contribution < 1.29 is 17.5 Å². The molecule has 0 aliphatic heterocycles. The molecule has 0 saturated carbocycles. The fourth-order valence-corrected chi connectivity index (χ4v) is 3.00. The van der Waals surface area contributed by atoms with Crippen LogP contribution in [-0.2, 0) is 10.0 Å². The standard InChI is InChI=1S/C14H15FN2O3S/c1-9-7-11(4-6-14(9)20-2)21(18,19)17-13-8-10(15)3-5-12(13)16/h3-8,17H,16H2,1-2H3. The van der Waals surface area contributed by atoms with Crippen molar-refractivity contribution in [2.24, 2.45) is 0 Å². The first-order valence-corrected chi connectivity index (χ1v) is 7.54. The second-order valence-corrected chi connectivity index (χ2v) is 6.15. The lowest BCUT2D eigenvalue weighted by Gasteiger charge is -2.12. The molecule has 2 aromatic rings. The molecule has 7 heteroatoms. The molecule has 0 fully saturated rings. The third-order valence-corrected chi connectivity index (χ3v) is 4.30. The molecule has 2 rings (SSSR count). The Hall–Kier alpha value is -2.28. The summed E-state index contributed by atoms with van der Waals surface area (Å²) in [5.41, 5.74) is 6.46. The summed E-state index contributed by atoms with van der Waals surface area (Å²) in [6, 6.07) is 7.92. The normalized spacial score (nSPS) is 11.2. The van der Waals surface area contributed by atoms with E-state index in [1.165, 1.54) is 25.3 Å². The molecule has 2 aromatic carbocycles. The van der Waals surface area contributed by atoms with Crippen molar-refractivity contribution in [2.45, 2.75) is 11.8 Å². The van der Waals surface area contributed by atoms with Gasteiger partial charge in [0.2, 0.25) is 0 Å². The Kier molecular flexibility index (Phi) is 4.04. The molecule has 0 aromatic heterocycles. The number of nitrogens with one attached hydrogen (secondary N) is 1. The maximum atomic E-state index is 13.2. The molecule has 0 unspecified atom stereocenters. The molecular weight excluding hydrogens is 295 g/mol. The van der Waals surface area contributed by atoms with Crippen LogP contribution in [0.2, 0.25) is 0 Å². The monoisotopic (exact) mass is 310 g/mol. The molecule has 21 heavy (non-hydrogen) atoms. The van der Waals surface area contributed by atoms with Gasteiger partial charge in [-0.3, -0.25) is 4.72 Å². The van der Waals surface area contributed by atoms with E-state index in [2.05, 4.69) is 4.72 Å². The van der Waals surface area contributed by atoms with E-state index in [-0.39, 0.29) is 16.3 Å². The molecule has 0 radical (unpaired) electrons. The Morgan fingerprint density at radius 3 is 2.52 bits per heavy atom. The largest absolute Gasteiger partial charge is 0.496 e. The van der Waals surface area contributed by atoms with Crippen LogP contribution in [0.1, 0.15) is 5.56 Å². The highest BCUT2D eigenvalue weighted by Gasteiger charge is 2.17. The number of nitrogen functional groups attached to an aromatic ring is 1. The van der Waals surface area contributed by atoms with Crippen LogP contribution in [-0.4, -0.2) is 15.5 Å². The molecule has 0 bridgehead atoms. The topological polar surface area (TPSA) is 81.4 Å². The number of halogens is 1. The van der Waals surface area contributed by atoms with Gasteiger partial charge in [0.25, 0.3) is 10.0 Å². The molecule has 0 aliphatic carbocycles. The highest BCUT2D eigenvalue weighted by atomic mass is 32.2. The second-order valence-electron chi connectivity index (χ2n) is 4.47. The Balaban J connectivity index is 2.38. The first-order chi connectivity index (χ1) is 9.83. The average Bonchev–Trinajstić information content (AvgIpc) is 2.42. The number of sulfonamides is 1. The number of hydrogen-bond acceptors (Lipinski definition) is 4. The molecular formula is C14H15FN2O3S. The van der Waals surface area contributed by atoms with Crippen molar-refractivity contribution in [1.29, 1.82) is 0 Å². The van der Waals surface area contributed by atoms with Crippen LogP contribution in [0.5, 0.6) is 5.75 Å². The van der Waals surface area contributed by atoms with Gasteiger partial charge in [0.05, 0.1) is 23.4 Å². The van der Waals surface area contributed by atoms with Crippen molar-refractivity contribution in [3.05, 3.63) is 47.8 Å². The van der Waals surface area contributed by atoms with Gasteiger partial charge in [-0.2, -0.15) is 0 Å². The molecule has 0 saturated heterocycles. The highest BCUT2D eigenvalue weighted by molar-refractivity contribution is 7.92. The van der Waals surface area contributed by atoms with Crippen LogP contribution in [0.4, 0.5) is 15.8 Å². The third kappa shape index (κ3) is 3.25. The third-order valence-electron chi connectivity index (χ3n) is 2.94. The summed E-state index contributed by atoms with van der Waals surface area (Å²) in [6.07, 6.45) is 0. The number of anilines is 2. The summed E-state index contributed by atoms with van der Waals surface area (Å²) in [6.45, 7) is 1.73. The molecule has 0 amide bonds. The summed E-state index contributed by atoms with van der Waals surface area (Å²) < 4.78 is 45.1. The fraction of sp³-hybridized carbons (Fsp3) is 0.143. The van der Waals surface area contributed by atoms with Crippen LogP contribution >= 0.6 is 0 Å². The lowest BCUT2D eigenvalue weighted by atomic mass is 10.2. The zero-order valence-electron chi connectivity index (χ0n) is 11.6. The van der Waals surface area contributed by atoms with Gasteiger partial charge in [-0.05, 0) is 42.8 Å². The summed E-state index contributed by atoms with van der Waals surface area (Å²) in [5, 5.41) is 0. The highest BCUT2D eigenvalue weighted by Crippen LogP contribution is 2.25. The molecule has 112 valence electrons. The molecule has 0 aliphatic rings. The number of methoxy groups -OCH3 is 1. The van der Waals surface area contributed by atoms with Gasteiger partial charge in [-0.25, -0.2) is 12.8 Å². The Morgan fingerprint density at radius 1 is 1.19 bits per heavy atom. The van der Waals surface area contributed by atoms with Gasteiger partial charge in [0.15, 0.2) is 0 Å². The number of nitrogens with two attached hydrogens (primary N) is 1. The van der Waals surface area contributed by atoms with E-state index >= 15 is 0 Å². The van der Waals surface area contributed by atoms with E-state index in [4.69, 9.17) is 10.5 Å². The Bertz CT molecular complexity index is 776. The van der Waals surface area contributed by atoms with Crippen molar-refractivity contribution in [2.75, 3.05) is 17.6 Å². The van der Waals surface area contributed by atoms with Crippen LogP contribution in [0.3, 0.4) is 0 Å². The van der Waals surface area contributed by atoms with Crippen molar-refractivity contribution in [1.82, 2.24) is 0 Å². The van der Waals surface area contributed by atoms with Gasteiger partial charge < -0.3 is 10.5 Å². The molecule has 0 atom stereocenters. The minimum atomic E-state index is -3.85.